The first-order chi connectivity index (χ1) is 12.2. The average molecular weight is 382 g/mol. The molecular formula is C16H18N2O7S. The lowest BCUT2D eigenvalue weighted by Gasteiger charge is -2.22. The van der Waals surface area contributed by atoms with Crippen LogP contribution in [-0.2, 0) is 24.2 Å². The van der Waals surface area contributed by atoms with Gasteiger partial charge in [0.1, 0.15) is 0 Å². The van der Waals surface area contributed by atoms with Crippen LogP contribution in [0.3, 0.4) is 0 Å². The molecule has 1 aliphatic rings. The van der Waals surface area contributed by atoms with E-state index in [1.807, 2.05) is 0 Å². The highest BCUT2D eigenvalue weighted by Crippen LogP contribution is 2.17. The van der Waals surface area contributed by atoms with Gasteiger partial charge in [0.15, 0.2) is 16.4 Å². The van der Waals surface area contributed by atoms with Gasteiger partial charge in [-0.3, -0.25) is 14.9 Å². The van der Waals surface area contributed by atoms with Crippen LogP contribution in [0, 0.1) is 10.1 Å². The van der Waals surface area contributed by atoms with Gasteiger partial charge < -0.3 is 9.64 Å². The lowest BCUT2D eigenvalue weighted by molar-refractivity contribution is -0.384. The predicted octanol–water partition coefficient (Wildman–Crippen LogP) is 0.797. The summed E-state index contributed by atoms with van der Waals surface area (Å²) >= 11 is 0. The Morgan fingerprint density at radius 3 is 2.77 bits per heavy atom. The van der Waals surface area contributed by atoms with Crippen LogP contribution in [0.4, 0.5) is 5.69 Å². The van der Waals surface area contributed by atoms with Crippen LogP contribution in [0.5, 0.6) is 0 Å². The Morgan fingerprint density at radius 1 is 1.42 bits per heavy atom. The van der Waals surface area contributed by atoms with Crippen LogP contribution < -0.4 is 0 Å². The Morgan fingerprint density at radius 2 is 2.15 bits per heavy atom. The van der Waals surface area contributed by atoms with Gasteiger partial charge in [0.25, 0.3) is 11.6 Å². The van der Waals surface area contributed by atoms with E-state index in [0.29, 0.717) is 12.0 Å². The molecule has 1 heterocycles. The van der Waals surface area contributed by atoms with E-state index in [-0.39, 0.29) is 17.2 Å². The summed E-state index contributed by atoms with van der Waals surface area (Å²) < 4.78 is 27.7. The maximum Gasteiger partial charge on any atom is 0.331 e. The zero-order valence-corrected chi connectivity index (χ0v) is 14.8. The Balaban J connectivity index is 1.85. The summed E-state index contributed by atoms with van der Waals surface area (Å²) in [6, 6.07) is 5.27. The molecule has 26 heavy (non-hydrogen) atoms. The summed E-state index contributed by atoms with van der Waals surface area (Å²) in [5.74, 6) is -1.32. The molecule has 9 nitrogen and oxygen atoms in total. The summed E-state index contributed by atoms with van der Waals surface area (Å²) in [5, 5.41) is 10.7. The summed E-state index contributed by atoms with van der Waals surface area (Å²) in [6.45, 7) is -0.509. The van der Waals surface area contributed by atoms with E-state index >= 15 is 0 Å². The summed E-state index contributed by atoms with van der Waals surface area (Å²) in [6.07, 6.45) is 2.77. The van der Waals surface area contributed by atoms with Gasteiger partial charge in [-0.25, -0.2) is 13.2 Å². The van der Waals surface area contributed by atoms with Crippen LogP contribution in [-0.4, -0.2) is 61.3 Å². The molecule has 0 aliphatic carbocycles. The third-order valence-electron chi connectivity index (χ3n) is 3.98. The van der Waals surface area contributed by atoms with Gasteiger partial charge in [-0.15, -0.1) is 0 Å². The second-order valence-corrected chi connectivity index (χ2v) is 8.08. The summed E-state index contributed by atoms with van der Waals surface area (Å²) in [5.41, 5.74) is 0.333. The van der Waals surface area contributed by atoms with Gasteiger partial charge in [0.2, 0.25) is 0 Å². The molecule has 0 bridgehead atoms. The Kier molecular flexibility index (Phi) is 6.09. The predicted molar refractivity (Wildman–Crippen MR) is 92.9 cm³/mol. The number of likely N-dealkylation sites (N-methyl/N-ethyl adjacent to an activating group) is 1. The molecule has 1 aromatic rings. The van der Waals surface area contributed by atoms with Crippen molar-refractivity contribution >= 4 is 33.5 Å². The van der Waals surface area contributed by atoms with Crippen molar-refractivity contribution in [1.29, 1.82) is 0 Å². The first kappa shape index (κ1) is 19.6. The highest BCUT2D eigenvalue weighted by molar-refractivity contribution is 7.91. The molecule has 140 valence electrons. The zero-order chi connectivity index (χ0) is 19.3. The molecule has 0 saturated carbocycles. The van der Waals surface area contributed by atoms with Gasteiger partial charge >= 0.3 is 5.97 Å². The average Bonchev–Trinajstić information content (AvgIpc) is 2.97. The number of ether oxygens (including phenoxy) is 1. The molecule has 1 fully saturated rings. The lowest BCUT2D eigenvalue weighted by atomic mass is 10.2. The second kappa shape index (κ2) is 8.09. The normalized spacial score (nSPS) is 18.6. The van der Waals surface area contributed by atoms with Crippen LogP contribution in [0.2, 0.25) is 0 Å². The summed E-state index contributed by atoms with van der Waals surface area (Å²) in [7, 11) is -1.64. The molecule has 1 amide bonds. The molecule has 0 spiro atoms. The monoisotopic (exact) mass is 382 g/mol. The zero-order valence-electron chi connectivity index (χ0n) is 14.0. The number of amides is 1. The van der Waals surface area contributed by atoms with Crippen LogP contribution >= 0.6 is 0 Å². The number of sulfone groups is 1. The number of hydrogen-bond donors (Lipinski definition) is 0. The van der Waals surface area contributed by atoms with Gasteiger partial charge in [-0.2, -0.15) is 0 Å². The van der Waals surface area contributed by atoms with E-state index in [9.17, 15) is 28.1 Å². The van der Waals surface area contributed by atoms with Crippen LogP contribution in [0.1, 0.15) is 12.0 Å². The Hall–Kier alpha value is -2.75. The first-order valence-electron chi connectivity index (χ1n) is 7.73. The molecule has 1 unspecified atom stereocenters. The van der Waals surface area contributed by atoms with E-state index in [2.05, 4.69) is 0 Å². The topological polar surface area (TPSA) is 124 Å². The van der Waals surface area contributed by atoms with E-state index in [1.165, 1.54) is 36.2 Å². The molecule has 10 heteroatoms. The van der Waals surface area contributed by atoms with Crippen molar-refractivity contribution < 1.29 is 27.7 Å². The van der Waals surface area contributed by atoms with Gasteiger partial charge in [-0.05, 0) is 18.1 Å². The number of hydrogen-bond acceptors (Lipinski definition) is 7. The maximum absolute atomic E-state index is 12.0. The number of nitro benzene ring substituents is 1. The van der Waals surface area contributed by atoms with Crippen molar-refractivity contribution in [3.05, 3.63) is 46.0 Å². The second-order valence-electron chi connectivity index (χ2n) is 5.85. The SMILES string of the molecule is CN(C(=O)COC(=O)/C=C/c1cccc([N+](=O)[O-])c1)C1CCS(=O)(=O)C1. The quantitative estimate of drug-likeness (QED) is 0.308. The van der Waals surface area contributed by atoms with E-state index in [4.69, 9.17) is 4.74 Å². The number of carbonyl (C=O) groups excluding carboxylic acids is 2. The van der Waals surface area contributed by atoms with Gasteiger partial charge in [0.05, 0.1) is 16.4 Å². The first-order valence-corrected chi connectivity index (χ1v) is 9.55. The minimum atomic E-state index is -3.11. The third-order valence-corrected chi connectivity index (χ3v) is 5.73. The number of nitro groups is 1. The molecule has 0 aromatic heterocycles. The smallest absolute Gasteiger partial charge is 0.331 e. The van der Waals surface area contributed by atoms with E-state index < -0.39 is 39.3 Å². The molecule has 2 rings (SSSR count). The van der Waals surface area contributed by atoms with Crippen LogP contribution in [0.15, 0.2) is 30.3 Å². The number of nitrogens with zero attached hydrogens (tertiary/aromatic N) is 2. The molecule has 1 saturated heterocycles. The number of rotatable bonds is 6. The fraction of sp³-hybridized carbons (Fsp3) is 0.375. The highest BCUT2D eigenvalue weighted by atomic mass is 32.2. The standard InChI is InChI=1S/C16H18N2O7S/c1-17(14-7-8-26(23,24)11-14)15(19)10-25-16(20)6-5-12-3-2-4-13(9-12)18(21)22/h2-6,9,14H,7-8,10-11H2,1H3/b6-5+. The van der Waals surface area contributed by atoms with Crippen molar-refractivity contribution in [2.45, 2.75) is 12.5 Å². The fourth-order valence-electron chi connectivity index (χ4n) is 2.47. The van der Waals surface area contributed by atoms with Crippen molar-refractivity contribution in [3.8, 4) is 0 Å². The van der Waals surface area contributed by atoms with E-state index in [1.54, 1.807) is 6.07 Å². The van der Waals surface area contributed by atoms with Crippen molar-refractivity contribution in [3.63, 3.8) is 0 Å². The van der Waals surface area contributed by atoms with Gasteiger partial charge in [-0.1, -0.05) is 12.1 Å². The number of esters is 1. The highest BCUT2D eigenvalue weighted by Gasteiger charge is 2.32. The molecule has 0 N–H and O–H groups in total. The third kappa shape index (κ3) is 5.38. The Bertz CT molecular complexity index is 848. The van der Waals surface area contributed by atoms with Crippen molar-refractivity contribution in [2.24, 2.45) is 0 Å². The molecule has 1 atom stereocenters. The maximum atomic E-state index is 12.0. The minimum Gasteiger partial charge on any atom is -0.452 e. The number of carbonyl (C=O) groups is 2. The molecular weight excluding hydrogens is 364 g/mol. The molecule has 1 aliphatic heterocycles. The largest absolute Gasteiger partial charge is 0.452 e. The number of benzene rings is 1. The Labute approximate surface area is 150 Å². The molecule has 1 aromatic carbocycles. The lowest BCUT2D eigenvalue weighted by Crippen LogP contribution is -2.40. The van der Waals surface area contributed by atoms with Crippen molar-refractivity contribution in [2.75, 3.05) is 25.2 Å². The van der Waals surface area contributed by atoms with E-state index in [0.717, 1.165) is 6.08 Å². The van der Waals surface area contributed by atoms with Crippen molar-refractivity contribution in [1.82, 2.24) is 4.90 Å². The van der Waals surface area contributed by atoms with Crippen LogP contribution in [0.25, 0.3) is 6.08 Å². The number of non-ortho nitro benzene ring substituents is 1. The van der Waals surface area contributed by atoms with Gasteiger partial charge in [0, 0.05) is 31.3 Å². The fourth-order valence-corrected chi connectivity index (χ4v) is 4.25. The summed E-state index contributed by atoms with van der Waals surface area (Å²) in [4.78, 5) is 35.1. The molecule has 0 radical (unpaired) electrons. The minimum absolute atomic E-state index is 0.0427.